The third kappa shape index (κ3) is 5.57. The summed E-state index contributed by atoms with van der Waals surface area (Å²) in [5.41, 5.74) is 0.0460. The standard InChI is InChI=1S/C36H39F3N6O3/c37-23-16-36(10-3-13-45(36)19-23)20-48-35-42-33-27-17-41-32(31(33)39)26-15-24(46)14-22-7-8-28(38)25(30(22)26)5-1-6-29(47)40-11-9-21-4-2-12-44(18-21)34(27)43-35/h7-8,14-15,17,21,23,46H,1-6,9-13,16,18-20H2,(H,40,47)/t21?,23-,36+/m1/s1. The average Bonchev–Trinajstić information content (AvgIpc) is 3.60. The predicted octanol–water partition coefficient (Wildman–Crippen LogP) is 5.84. The van der Waals surface area contributed by atoms with Crippen LogP contribution in [-0.2, 0) is 11.2 Å². The number of aromatic nitrogens is 3. The topological polar surface area (TPSA) is 104 Å². The van der Waals surface area contributed by atoms with Crippen LogP contribution < -0.4 is 15.0 Å². The first-order chi connectivity index (χ1) is 23.3. The summed E-state index contributed by atoms with van der Waals surface area (Å²) in [7, 11) is 0. The first-order valence-corrected chi connectivity index (χ1v) is 17.1. The highest BCUT2D eigenvalue weighted by atomic mass is 19.1. The van der Waals surface area contributed by atoms with Crippen molar-refractivity contribution in [3.05, 3.63) is 47.7 Å². The molecule has 3 atom stereocenters. The Bertz CT molecular complexity index is 1910. The Kier molecular flexibility index (Phi) is 8.01. The zero-order valence-electron chi connectivity index (χ0n) is 26.8. The number of phenols is 1. The molecule has 5 aliphatic heterocycles. The van der Waals surface area contributed by atoms with E-state index in [0.717, 1.165) is 38.6 Å². The van der Waals surface area contributed by atoms with Crippen molar-refractivity contribution in [3.63, 3.8) is 0 Å². The summed E-state index contributed by atoms with van der Waals surface area (Å²) >= 11 is 0. The van der Waals surface area contributed by atoms with Gasteiger partial charge in [0.2, 0.25) is 5.91 Å². The van der Waals surface area contributed by atoms with Gasteiger partial charge in [0.25, 0.3) is 0 Å². The number of carbonyl (C=O) groups is 1. The van der Waals surface area contributed by atoms with E-state index in [-0.39, 0.29) is 59.8 Å². The second-order valence-corrected chi connectivity index (χ2v) is 13.9. The van der Waals surface area contributed by atoms with Crippen LogP contribution in [0, 0.1) is 17.6 Å². The number of anilines is 1. The first kappa shape index (κ1) is 31.1. The molecule has 1 unspecified atom stereocenters. The Morgan fingerprint density at radius 2 is 1.96 bits per heavy atom. The molecule has 0 saturated carbocycles. The van der Waals surface area contributed by atoms with Crippen molar-refractivity contribution in [1.29, 1.82) is 0 Å². The lowest BCUT2D eigenvalue weighted by Gasteiger charge is -2.34. The number of phenolic OH excluding ortho intramolecular Hbond substituents is 1. The normalized spacial score (nSPS) is 25.0. The minimum absolute atomic E-state index is 0.00775. The maximum absolute atomic E-state index is 17.0. The third-order valence-electron chi connectivity index (χ3n) is 10.8. The Morgan fingerprint density at radius 3 is 2.85 bits per heavy atom. The van der Waals surface area contributed by atoms with Gasteiger partial charge in [-0.05, 0) is 91.9 Å². The maximum atomic E-state index is 17.0. The number of ether oxygens (including phenoxy) is 1. The van der Waals surface area contributed by atoms with Crippen LogP contribution in [0.15, 0.2) is 30.5 Å². The molecule has 4 aromatic rings. The molecule has 9 nitrogen and oxygen atoms in total. The summed E-state index contributed by atoms with van der Waals surface area (Å²) in [6, 6.07) is 5.78. The first-order valence-electron chi connectivity index (χ1n) is 17.1. The molecule has 0 spiro atoms. The second kappa shape index (κ2) is 12.4. The third-order valence-corrected chi connectivity index (χ3v) is 10.8. The van der Waals surface area contributed by atoms with Crippen LogP contribution in [0.1, 0.15) is 56.9 Å². The summed E-state index contributed by atoms with van der Waals surface area (Å²) in [4.78, 5) is 31.0. The molecule has 0 aliphatic carbocycles. The highest BCUT2D eigenvalue weighted by molar-refractivity contribution is 6.01. The molecule has 7 heterocycles. The van der Waals surface area contributed by atoms with Crippen LogP contribution in [-0.4, -0.2) is 81.9 Å². The van der Waals surface area contributed by atoms with Crippen molar-refractivity contribution in [2.75, 3.05) is 44.2 Å². The fraction of sp³-hybridized carbons (Fsp3) is 0.500. The van der Waals surface area contributed by atoms with Crippen LogP contribution in [0.5, 0.6) is 11.8 Å². The van der Waals surface area contributed by atoms with E-state index in [1.807, 2.05) is 0 Å². The molecule has 1 amide bonds. The van der Waals surface area contributed by atoms with E-state index in [9.17, 15) is 14.3 Å². The minimum Gasteiger partial charge on any atom is -0.508 e. The molecular formula is C36H39F3N6O3. The number of rotatable bonds is 3. The molecule has 6 bridgehead atoms. The predicted molar refractivity (Wildman–Crippen MR) is 176 cm³/mol. The van der Waals surface area contributed by atoms with E-state index in [1.54, 1.807) is 12.3 Å². The molecule has 48 heavy (non-hydrogen) atoms. The lowest BCUT2D eigenvalue weighted by Crippen LogP contribution is -2.43. The quantitative estimate of drug-likeness (QED) is 0.283. The van der Waals surface area contributed by atoms with Crippen LogP contribution in [0.4, 0.5) is 19.0 Å². The Labute approximate surface area is 276 Å². The van der Waals surface area contributed by atoms with Gasteiger partial charge in [-0.3, -0.25) is 14.7 Å². The van der Waals surface area contributed by atoms with Crippen molar-refractivity contribution in [3.8, 4) is 23.0 Å². The highest BCUT2D eigenvalue weighted by Crippen LogP contribution is 2.42. The number of nitrogens with zero attached hydrogens (tertiary/aromatic N) is 5. The van der Waals surface area contributed by atoms with Crippen molar-refractivity contribution in [2.24, 2.45) is 5.92 Å². The number of aryl methyl sites for hydroxylation is 1. The van der Waals surface area contributed by atoms with Gasteiger partial charge in [-0.25, -0.2) is 13.2 Å². The van der Waals surface area contributed by atoms with Crippen LogP contribution in [0.2, 0.25) is 0 Å². The van der Waals surface area contributed by atoms with Crippen LogP contribution in [0.25, 0.3) is 32.9 Å². The summed E-state index contributed by atoms with van der Waals surface area (Å²) in [6.07, 6.45) is 6.30. The summed E-state index contributed by atoms with van der Waals surface area (Å²) < 4.78 is 53.2. The van der Waals surface area contributed by atoms with Crippen molar-refractivity contribution >= 4 is 33.4 Å². The molecule has 5 aliphatic rings. The van der Waals surface area contributed by atoms with Crippen molar-refractivity contribution in [1.82, 2.24) is 25.2 Å². The molecule has 252 valence electrons. The van der Waals surface area contributed by atoms with Crippen molar-refractivity contribution < 1.29 is 27.8 Å². The molecule has 2 aromatic carbocycles. The van der Waals surface area contributed by atoms with E-state index >= 15 is 8.78 Å². The van der Waals surface area contributed by atoms with E-state index in [0.29, 0.717) is 66.6 Å². The zero-order valence-corrected chi connectivity index (χ0v) is 26.8. The van der Waals surface area contributed by atoms with Gasteiger partial charge in [-0.15, -0.1) is 0 Å². The smallest absolute Gasteiger partial charge is 0.319 e. The summed E-state index contributed by atoms with van der Waals surface area (Å²) in [5.74, 6) is -0.641. The molecule has 3 fully saturated rings. The van der Waals surface area contributed by atoms with Gasteiger partial charge in [-0.1, -0.05) is 6.07 Å². The Morgan fingerprint density at radius 1 is 1.06 bits per heavy atom. The fourth-order valence-electron chi connectivity index (χ4n) is 8.52. The molecule has 2 aromatic heterocycles. The highest BCUT2D eigenvalue weighted by Gasteiger charge is 2.49. The molecule has 9 rings (SSSR count). The van der Waals surface area contributed by atoms with Gasteiger partial charge in [0.1, 0.15) is 41.4 Å². The van der Waals surface area contributed by atoms with E-state index in [2.05, 4.69) is 25.1 Å². The number of benzene rings is 2. The van der Waals surface area contributed by atoms with Gasteiger partial charge in [0.05, 0.1) is 10.9 Å². The van der Waals surface area contributed by atoms with E-state index in [4.69, 9.17) is 9.72 Å². The van der Waals surface area contributed by atoms with Gasteiger partial charge in [0.15, 0.2) is 5.82 Å². The van der Waals surface area contributed by atoms with Gasteiger partial charge in [-0.2, -0.15) is 9.97 Å². The second-order valence-electron chi connectivity index (χ2n) is 13.9. The molecule has 3 saturated heterocycles. The van der Waals surface area contributed by atoms with Gasteiger partial charge < -0.3 is 20.1 Å². The zero-order chi connectivity index (χ0) is 33.0. The lowest BCUT2D eigenvalue weighted by atomic mass is 9.92. The number of alkyl halides is 1. The van der Waals surface area contributed by atoms with Crippen LogP contribution in [0.3, 0.4) is 0 Å². The van der Waals surface area contributed by atoms with Crippen molar-refractivity contribution in [2.45, 2.75) is 69.5 Å². The SMILES string of the molecule is O=C1CCCc2c(F)ccc3cc(O)cc(c23)-c2ncc3c(nc(OC[C@@]45CCCN4C[C@H](F)C5)nc3c2F)N2CCCC(CCN1)C2. The fourth-order valence-corrected chi connectivity index (χ4v) is 8.52. The lowest BCUT2D eigenvalue weighted by molar-refractivity contribution is -0.121. The number of hydrogen-bond donors (Lipinski definition) is 2. The van der Waals surface area contributed by atoms with E-state index < -0.39 is 23.3 Å². The number of carbonyl (C=O) groups excluding carboxylic acids is 1. The van der Waals surface area contributed by atoms with Crippen LogP contribution >= 0.6 is 0 Å². The number of amides is 1. The van der Waals surface area contributed by atoms with Gasteiger partial charge in [0, 0.05) is 50.8 Å². The monoisotopic (exact) mass is 660 g/mol. The number of piperidine rings is 1. The molecule has 0 radical (unpaired) electrons. The molecular weight excluding hydrogens is 621 g/mol. The number of hydrogen-bond acceptors (Lipinski definition) is 8. The maximum Gasteiger partial charge on any atom is 0.319 e. The number of fused-ring (bicyclic) bond motifs is 8. The van der Waals surface area contributed by atoms with E-state index in [1.165, 1.54) is 18.2 Å². The van der Waals surface area contributed by atoms with Gasteiger partial charge >= 0.3 is 6.01 Å². The Balaban J connectivity index is 1.29. The minimum atomic E-state index is -0.921. The largest absolute Gasteiger partial charge is 0.508 e. The number of halogens is 3. The Hall–Kier alpha value is -4.19. The number of nitrogens with one attached hydrogen (secondary N) is 1. The summed E-state index contributed by atoms with van der Waals surface area (Å²) in [5, 5.41) is 15.1. The molecule has 12 heteroatoms. The molecule has 2 N–H and O–H groups in total. The summed E-state index contributed by atoms with van der Waals surface area (Å²) in [6.45, 7) is 3.26. The average molecular weight is 661 g/mol. The number of pyridine rings is 1. The number of aromatic hydroxyl groups is 1.